The van der Waals surface area contributed by atoms with Crippen molar-refractivity contribution in [1.29, 1.82) is 0 Å². The first-order chi connectivity index (χ1) is 7.86. The van der Waals surface area contributed by atoms with Gasteiger partial charge in [-0.1, -0.05) is 0 Å². The van der Waals surface area contributed by atoms with Crippen molar-refractivity contribution in [3.63, 3.8) is 0 Å². The van der Waals surface area contributed by atoms with E-state index in [0.29, 0.717) is 12.5 Å². The van der Waals surface area contributed by atoms with Gasteiger partial charge in [0.25, 0.3) is 0 Å². The predicted molar refractivity (Wildman–Crippen MR) is 61.4 cm³/mol. The van der Waals surface area contributed by atoms with Gasteiger partial charge in [0.05, 0.1) is 6.10 Å². The average Bonchev–Trinajstić information content (AvgIpc) is 2.83. The standard InChI is InChI=1S/C13H17NO2/c15-13(11-6-8-14-9-7-11)5-1-3-12-4-2-10-16-12/h6-9,12H,1-5,10H2. The van der Waals surface area contributed by atoms with E-state index >= 15 is 0 Å². The van der Waals surface area contributed by atoms with Crippen LogP contribution in [0.25, 0.3) is 0 Å². The van der Waals surface area contributed by atoms with Gasteiger partial charge in [-0.3, -0.25) is 9.78 Å². The minimum Gasteiger partial charge on any atom is -0.378 e. The van der Waals surface area contributed by atoms with Crippen LogP contribution in [-0.2, 0) is 4.74 Å². The Hall–Kier alpha value is -1.22. The molecule has 2 heterocycles. The van der Waals surface area contributed by atoms with E-state index in [9.17, 15) is 4.79 Å². The van der Waals surface area contributed by atoms with Gasteiger partial charge in [-0.2, -0.15) is 0 Å². The summed E-state index contributed by atoms with van der Waals surface area (Å²) in [5.74, 6) is 0.209. The fourth-order valence-corrected chi connectivity index (χ4v) is 2.04. The van der Waals surface area contributed by atoms with Crippen molar-refractivity contribution in [2.75, 3.05) is 6.61 Å². The van der Waals surface area contributed by atoms with Gasteiger partial charge in [-0.25, -0.2) is 0 Å². The molecule has 1 aromatic heterocycles. The monoisotopic (exact) mass is 219 g/mol. The van der Waals surface area contributed by atoms with E-state index in [2.05, 4.69) is 4.98 Å². The van der Waals surface area contributed by atoms with Crippen molar-refractivity contribution >= 4 is 5.78 Å². The van der Waals surface area contributed by atoms with Crippen LogP contribution in [0.4, 0.5) is 0 Å². The van der Waals surface area contributed by atoms with Crippen LogP contribution in [0.3, 0.4) is 0 Å². The van der Waals surface area contributed by atoms with E-state index in [1.807, 2.05) is 0 Å². The van der Waals surface area contributed by atoms with Crippen LogP contribution in [0.1, 0.15) is 42.5 Å². The van der Waals surface area contributed by atoms with E-state index in [-0.39, 0.29) is 5.78 Å². The highest BCUT2D eigenvalue weighted by molar-refractivity contribution is 5.95. The SMILES string of the molecule is O=C(CCCC1CCCO1)c1ccncc1. The van der Waals surface area contributed by atoms with Crippen LogP contribution in [0.15, 0.2) is 24.5 Å². The maximum Gasteiger partial charge on any atom is 0.162 e. The number of carbonyl (C=O) groups excluding carboxylic acids is 1. The summed E-state index contributed by atoms with van der Waals surface area (Å²) >= 11 is 0. The summed E-state index contributed by atoms with van der Waals surface area (Å²) in [5, 5.41) is 0. The van der Waals surface area contributed by atoms with E-state index in [1.165, 1.54) is 6.42 Å². The number of ether oxygens (including phenoxy) is 1. The number of hydrogen-bond donors (Lipinski definition) is 0. The summed E-state index contributed by atoms with van der Waals surface area (Å²) in [6.07, 6.45) is 8.59. The molecule has 1 unspecified atom stereocenters. The van der Waals surface area contributed by atoms with E-state index < -0.39 is 0 Å². The molecule has 0 spiro atoms. The topological polar surface area (TPSA) is 39.2 Å². The number of rotatable bonds is 5. The summed E-state index contributed by atoms with van der Waals surface area (Å²) in [5.41, 5.74) is 0.766. The first-order valence-corrected chi connectivity index (χ1v) is 5.91. The van der Waals surface area contributed by atoms with E-state index in [1.54, 1.807) is 24.5 Å². The Morgan fingerprint density at radius 2 is 2.25 bits per heavy atom. The number of Topliss-reactive ketones (excluding diaryl/α,β-unsaturated/α-hetero) is 1. The average molecular weight is 219 g/mol. The second-order valence-electron chi connectivity index (χ2n) is 4.19. The Kier molecular flexibility index (Phi) is 4.05. The third-order valence-corrected chi connectivity index (χ3v) is 2.96. The van der Waals surface area contributed by atoms with Crippen molar-refractivity contribution < 1.29 is 9.53 Å². The minimum absolute atomic E-state index is 0.209. The van der Waals surface area contributed by atoms with Gasteiger partial charge in [0.1, 0.15) is 0 Å². The van der Waals surface area contributed by atoms with Crippen LogP contribution >= 0.6 is 0 Å². The lowest BCUT2D eigenvalue weighted by atomic mass is 10.0. The summed E-state index contributed by atoms with van der Waals surface area (Å²) in [4.78, 5) is 15.6. The number of aromatic nitrogens is 1. The highest BCUT2D eigenvalue weighted by Gasteiger charge is 2.15. The van der Waals surface area contributed by atoms with Crippen molar-refractivity contribution in [3.8, 4) is 0 Å². The summed E-state index contributed by atoms with van der Waals surface area (Å²) < 4.78 is 5.52. The molecule has 0 N–H and O–H groups in total. The molecule has 0 aliphatic carbocycles. The first-order valence-electron chi connectivity index (χ1n) is 5.91. The molecule has 0 bridgehead atoms. The number of hydrogen-bond acceptors (Lipinski definition) is 3. The van der Waals surface area contributed by atoms with Crippen LogP contribution in [-0.4, -0.2) is 23.5 Å². The minimum atomic E-state index is 0.209. The van der Waals surface area contributed by atoms with Gasteiger partial charge in [0.15, 0.2) is 5.78 Å². The summed E-state index contributed by atoms with van der Waals surface area (Å²) in [7, 11) is 0. The molecule has 0 amide bonds. The lowest BCUT2D eigenvalue weighted by Gasteiger charge is -2.07. The van der Waals surface area contributed by atoms with Gasteiger partial charge >= 0.3 is 0 Å². The van der Waals surface area contributed by atoms with Crippen molar-refractivity contribution in [1.82, 2.24) is 4.98 Å². The molecule has 1 fully saturated rings. The molecule has 3 nitrogen and oxygen atoms in total. The normalized spacial score (nSPS) is 19.9. The van der Waals surface area contributed by atoms with E-state index in [0.717, 1.165) is 31.4 Å². The molecular weight excluding hydrogens is 202 g/mol. The van der Waals surface area contributed by atoms with Crippen LogP contribution in [0.2, 0.25) is 0 Å². The zero-order valence-electron chi connectivity index (χ0n) is 9.39. The highest BCUT2D eigenvalue weighted by Crippen LogP contribution is 2.18. The molecule has 86 valence electrons. The molecule has 1 atom stereocenters. The molecule has 1 aliphatic rings. The zero-order chi connectivity index (χ0) is 11.2. The Labute approximate surface area is 95.8 Å². The number of carbonyl (C=O) groups is 1. The van der Waals surface area contributed by atoms with Crippen LogP contribution < -0.4 is 0 Å². The van der Waals surface area contributed by atoms with Gasteiger partial charge in [-0.15, -0.1) is 0 Å². The van der Waals surface area contributed by atoms with Crippen LogP contribution in [0, 0.1) is 0 Å². The molecule has 1 aromatic rings. The molecule has 0 saturated carbocycles. The second-order valence-corrected chi connectivity index (χ2v) is 4.19. The third-order valence-electron chi connectivity index (χ3n) is 2.96. The van der Waals surface area contributed by atoms with Crippen molar-refractivity contribution in [2.24, 2.45) is 0 Å². The van der Waals surface area contributed by atoms with Gasteiger partial charge in [0.2, 0.25) is 0 Å². The Balaban J connectivity index is 1.71. The Bertz CT molecular complexity index is 331. The van der Waals surface area contributed by atoms with Gasteiger partial charge < -0.3 is 4.74 Å². The lowest BCUT2D eigenvalue weighted by Crippen LogP contribution is -2.06. The quantitative estimate of drug-likeness (QED) is 0.714. The molecule has 0 radical (unpaired) electrons. The molecule has 1 aliphatic heterocycles. The van der Waals surface area contributed by atoms with Crippen molar-refractivity contribution in [3.05, 3.63) is 30.1 Å². The number of nitrogens with zero attached hydrogens (tertiary/aromatic N) is 1. The molecule has 1 saturated heterocycles. The van der Waals surface area contributed by atoms with Gasteiger partial charge in [0, 0.05) is 31.0 Å². The second kappa shape index (κ2) is 5.75. The zero-order valence-corrected chi connectivity index (χ0v) is 9.39. The molecule has 0 aromatic carbocycles. The molecule has 2 rings (SSSR count). The maximum absolute atomic E-state index is 11.7. The first kappa shape index (κ1) is 11.3. The smallest absolute Gasteiger partial charge is 0.162 e. The van der Waals surface area contributed by atoms with E-state index in [4.69, 9.17) is 4.74 Å². The number of pyridine rings is 1. The lowest BCUT2D eigenvalue weighted by molar-refractivity contribution is 0.0922. The van der Waals surface area contributed by atoms with Gasteiger partial charge in [-0.05, 0) is 37.8 Å². The molecular formula is C13H17NO2. The number of ketones is 1. The summed E-state index contributed by atoms with van der Waals surface area (Å²) in [6, 6.07) is 3.54. The largest absolute Gasteiger partial charge is 0.378 e. The Morgan fingerprint density at radius 3 is 2.94 bits per heavy atom. The van der Waals surface area contributed by atoms with Crippen LogP contribution in [0.5, 0.6) is 0 Å². The third kappa shape index (κ3) is 3.14. The van der Waals surface area contributed by atoms with Crippen molar-refractivity contribution in [2.45, 2.75) is 38.2 Å². The fourth-order valence-electron chi connectivity index (χ4n) is 2.04. The maximum atomic E-state index is 11.7. The molecule has 3 heteroatoms. The predicted octanol–water partition coefficient (Wildman–Crippen LogP) is 2.61. The molecule has 16 heavy (non-hydrogen) atoms. The highest BCUT2D eigenvalue weighted by atomic mass is 16.5. The Morgan fingerprint density at radius 1 is 1.44 bits per heavy atom. The summed E-state index contributed by atoms with van der Waals surface area (Å²) in [6.45, 7) is 0.892. The fraction of sp³-hybridized carbons (Fsp3) is 0.538.